The summed E-state index contributed by atoms with van der Waals surface area (Å²) in [6.45, 7) is 2.15. The van der Waals surface area contributed by atoms with Crippen LogP contribution in [-0.4, -0.2) is 34.4 Å². The van der Waals surface area contributed by atoms with E-state index in [0.29, 0.717) is 12.8 Å². The van der Waals surface area contributed by atoms with E-state index in [1.165, 1.54) is 6.07 Å². The minimum absolute atomic E-state index is 0.0389. The van der Waals surface area contributed by atoms with Crippen LogP contribution in [-0.2, 0) is 9.53 Å². The van der Waals surface area contributed by atoms with Crippen LogP contribution in [0.4, 0.5) is 11.4 Å². The number of hydrogen-bond acceptors (Lipinski definition) is 8. The smallest absolute Gasteiger partial charge is 0.323 e. The number of anilines is 1. The van der Waals surface area contributed by atoms with Crippen LogP contribution in [0.5, 0.6) is 0 Å². The van der Waals surface area contributed by atoms with E-state index in [9.17, 15) is 14.9 Å². The van der Waals surface area contributed by atoms with Crippen molar-refractivity contribution in [3.8, 4) is 0 Å². The third kappa shape index (κ3) is 3.42. The second-order valence-electron chi connectivity index (χ2n) is 4.37. The highest BCUT2D eigenvalue weighted by molar-refractivity contribution is 6.35. The maximum Gasteiger partial charge on any atom is 0.323 e. The van der Waals surface area contributed by atoms with Crippen molar-refractivity contribution in [2.45, 2.75) is 19.8 Å². The van der Waals surface area contributed by atoms with Crippen LogP contribution in [0, 0.1) is 10.1 Å². The maximum absolute atomic E-state index is 11.2. The molecule has 0 atom stereocenters. The summed E-state index contributed by atoms with van der Waals surface area (Å²) in [5, 5.41) is 21.2. The van der Waals surface area contributed by atoms with Gasteiger partial charge in [0.15, 0.2) is 5.52 Å². The van der Waals surface area contributed by atoms with Crippen LogP contribution in [0.3, 0.4) is 0 Å². The van der Waals surface area contributed by atoms with E-state index in [1.54, 1.807) is 0 Å². The van der Waals surface area contributed by atoms with Gasteiger partial charge in [0.2, 0.25) is 5.52 Å². The first kappa shape index (κ1) is 16.0. The van der Waals surface area contributed by atoms with Crippen molar-refractivity contribution in [1.29, 1.82) is 0 Å². The van der Waals surface area contributed by atoms with Gasteiger partial charge in [-0.05, 0) is 22.8 Å². The molecule has 0 bridgehead atoms. The topological polar surface area (TPSA) is 120 Å². The number of fused-ring (bicyclic) bond motifs is 1. The van der Waals surface area contributed by atoms with Gasteiger partial charge in [-0.15, -0.1) is 0 Å². The van der Waals surface area contributed by atoms with Crippen molar-refractivity contribution in [3.63, 3.8) is 0 Å². The predicted octanol–water partition coefficient (Wildman–Crippen LogP) is 2.54. The van der Waals surface area contributed by atoms with Crippen molar-refractivity contribution in [2.75, 3.05) is 18.5 Å². The Hall–Kier alpha value is -2.42. The number of aromatic nitrogens is 2. The van der Waals surface area contributed by atoms with Crippen LogP contribution in [0.25, 0.3) is 11.0 Å². The molecule has 2 rings (SSSR count). The summed E-state index contributed by atoms with van der Waals surface area (Å²) in [7, 11) is 0. The summed E-state index contributed by atoms with van der Waals surface area (Å²) in [5.41, 5.74) is -0.0541. The lowest BCUT2D eigenvalue weighted by Crippen LogP contribution is -2.14. The molecule has 0 fully saturated rings. The van der Waals surface area contributed by atoms with Gasteiger partial charge in [0.25, 0.3) is 0 Å². The normalized spacial score (nSPS) is 10.6. The lowest BCUT2D eigenvalue weighted by Gasteiger charge is -2.08. The molecule has 1 N–H and O–H groups in total. The van der Waals surface area contributed by atoms with Gasteiger partial charge < -0.3 is 10.1 Å². The van der Waals surface area contributed by atoms with Crippen molar-refractivity contribution >= 4 is 40.0 Å². The molecule has 1 aromatic carbocycles. The average Bonchev–Trinajstić information content (AvgIpc) is 2.93. The van der Waals surface area contributed by atoms with Crippen LogP contribution in [0.2, 0.25) is 5.02 Å². The molecule has 0 saturated heterocycles. The molecular formula is C12H13ClN4O5. The van der Waals surface area contributed by atoms with Crippen LogP contribution in [0.15, 0.2) is 10.7 Å². The Balaban J connectivity index is 2.12. The molecule has 0 aliphatic heterocycles. The number of carbonyl (C=O) groups excluding carboxylic acids is 1. The fraction of sp³-hybridized carbons (Fsp3) is 0.417. The fourth-order valence-corrected chi connectivity index (χ4v) is 2.07. The minimum atomic E-state index is -0.603. The molecule has 0 radical (unpaired) electrons. The van der Waals surface area contributed by atoms with Crippen LogP contribution < -0.4 is 5.32 Å². The fourth-order valence-electron chi connectivity index (χ4n) is 1.84. The zero-order chi connectivity index (χ0) is 16.1. The molecule has 0 unspecified atom stereocenters. The van der Waals surface area contributed by atoms with Crippen LogP contribution >= 0.6 is 11.6 Å². The lowest BCUT2D eigenvalue weighted by molar-refractivity contribution is -0.382. The Morgan fingerprint density at radius 1 is 1.50 bits per heavy atom. The van der Waals surface area contributed by atoms with Gasteiger partial charge in [-0.2, -0.15) is 0 Å². The Bertz CT molecular complexity index is 702. The number of esters is 1. The largest absolute Gasteiger partial charge is 0.464 e. The molecule has 1 heterocycles. The van der Waals surface area contributed by atoms with E-state index >= 15 is 0 Å². The zero-order valence-corrected chi connectivity index (χ0v) is 12.4. The van der Waals surface area contributed by atoms with E-state index in [0.717, 1.165) is 0 Å². The molecule has 1 aromatic heterocycles. The molecule has 0 aliphatic rings. The van der Waals surface area contributed by atoms with Crippen molar-refractivity contribution in [2.24, 2.45) is 0 Å². The van der Waals surface area contributed by atoms with Gasteiger partial charge in [0, 0.05) is 13.0 Å². The Labute approximate surface area is 129 Å². The average molecular weight is 329 g/mol. The second kappa shape index (κ2) is 7.03. The molecule has 10 heteroatoms. The van der Waals surface area contributed by atoms with Gasteiger partial charge >= 0.3 is 11.7 Å². The van der Waals surface area contributed by atoms with Crippen LogP contribution in [0.1, 0.15) is 19.8 Å². The predicted molar refractivity (Wildman–Crippen MR) is 77.8 cm³/mol. The Morgan fingerprint density at radius 3 is 2.91 bits per heavy atom. The lowest BCUT2D eigenvalue weighted by atomic mass is 10.2. The maximum atomic E-state index is 11.2. The number of nitrogens with zero attached hydrogens (tertiary/aromatic N) is 3. The van der Waals surface area contributed by atoms with Gasteiger partial charge in [-0.1, -0.05) is 18.5 Å². The Morgan fingerprint density at radius 2 is 2.23 bits per heavy atom. The summed E-state index contributed by atoms with van der Waals surface area (Å²) in [5.74, 6) is -0.312. The molecule has 22 heavy (non-hydrogen) atoms. The van der Waals surface area contributed by atoms with E-state index < -0.39 is 4.92 Å². The number of nitro benzene ring substituents is 1. The van der Waals surface area contributed by atoms with E-state index in [2.05, 4.69) is 20.3 Å². The third-order valence-corrected chi connectivity index (χ3v) is 3.07. The molecule has 0 amide bonds. The minimum Gasteiger partial charge on any atom is -0.464 e. The van der Waals surface area contributed by atoms with Crippen molar-refractivity contribution in [3.05, 3.63) is 21.2 Å². The summed E-state index contributed by atoms with van der Waals surface area (Å²) < 4.78 is 9.45. The van der Waals surface area contributed by atoms with Gasteiger partial charge in [0.05, 0.1) is 9.95 Å². The highest BCUT2D eigenvalue weighted by atomic mass is 35.5. The number of ether oxygens (including phenoxy) is 1. The molecule has 118 valence electrons. The third-order valence-electron chi connectivity index (χ3n) is 2.78. The molecule has 9 nitrogen and oxygen atoms in total. The van der Waals surface area contributed by atoms with Gasteiger partial charge in [-0.3, -0.25) is 14.9 Å². The number of nitro groups is 1. The van der Waals surface area contributed by atoms with E-state index in [4.69, 9.17) is 16.3 Å². The number of rotatable bonds is 7. The highest BCUT2D eigenvalue weighted by Crippen LogP contribution is 2.36. The summed E-state index contributed by atoms with van der Waals surface area (Å²) in [4.78, 5) is 21.8. The molecule has 2 aromatic rings. The summed E-state index contributed by atoms with van der Waals surface area (Å²) in [6, 6.07) is 1.36. The van der Waals surface area contributed by atoms with Gasteiger partial charge in [0.1, 0.15) is 12.3 Å². The van der Waals surface area contributed by atoms with Crippen molar-refractivity contribution in [1.82, 2.24) is 10.3 Å². The quantitative estimate of drug-likeness (QED) is 0.356. The number of hydrogen-bond donors (Lipinski definition) is 1. The number of halogens is 1. The second-order valence-corrected chi connectivity index (χ2v) is 4.78. The molecule has 0 aliphatic carbocycles. The first-order chi connectivity index (χ1) is 10.5. The number of benzene rings is 1. The first-order valence-corrected chi connectivity index (χ1v) is 6.91. The Kier molecular flexibility index (Phi) is 5.10. The van der Waals surface area contributed by atoms with E-state index in [-0.39, 0.29) is 46.6 Å². The molecule has 0 spiro atoms. The summed E-state index contributed by atoms with van der Waals surface area (Å²) in [6.07, 6.45) is 1.03. The van der Waals surface area contributed by atoms with Gasteiger partial charge in [-0.25, -0.2) is 4.63 Å². The summed E-state index contributed by atoms with van der Waals surface area (Å²) >= 11 is 5.97. The monoisotopic (exact) mass is 328 g/mol. The standard InChI is InChI=1S/C12H13ClN4O5/c1-2-3-9(18)21-5-4-14-8-6-7(13)10-11(16-22-15-10)12(8)17(19)20/h6,14H,2-5H2,1H3. The van der Waals surface area contributed by atoms with Crippen molar-refractivity contribution < 1.29 is 19.1 Å². The highest BCUT2D eigenvalue weighted by Gasteiger charge is 2.25. The molecule has 0 saturated carbocycles. The van der Waals surface area contributed by atoms with E-state index in [1.807, 2.05) is 6.92 Å². The first-order valence-electron chi connectivity index (χ1n) is 6.53. The number of carbonyl (C=O) groups is 1. The number of nitrogens with one attached hydrogen (secondary N) is 1. The zero-order valence-electron chi connectivity index (χ0n) is 11.7. The SMILES string of the molecule is CCCC(=O)OCCNc1cc(Cl)c2nonc2c1[N+](=O)[O-]. The molecular weight excluding hydrogens is 316 g/mol.